The molecule has 0 bridgehead atoms. The van der Waals surface area contributed by atoms with Gasteiger partial charge in [-0.15, -0.1) is 0 Å². The number of rotatable bonds is 5. The lowest BCUT2D eigenvalue weighted by Gasteiger charge is -2.34. The van der Waals surface area contributed by atoms with Crippen LogP contribution in [0.3, 0.4) is 0 Å². The van der Waals surface area contributed by atoms with Crippen molar-refractivity contribution >= 4 is 35.2 Å². The van der Waals surface area contributed by atoms with E-state index in [0.717, 1.165) is 0 Å². The maximum atomic E-state index is 13.2. The Morgan fingerprint density at radius 3 is 2.34 bits per heavy atom. The van der Waals surface area contributed by atoms with Crippen molar-refractivity contribution in [3.8, 4) is 0 Å². The molecule has 2 saturated heterocycles. The van der Waals surface area contributed by atoms with E-state index < -0.39 is 17.8 Å². The molecule has 1 unspecified atom stereocenters. The van der Waals surface area contributed by atoms with E-state index in [4.69, 9.17) is 4.74 Å². The van der Waals surface area contributed by atoms with Crippen molar-refractivity contribution in [2.45, 2.75) is 13.3 Å². The minimum absolute atomic E-state index is 0.0230. The first-order valence-corrected chi connectivity index (χ1v) is 11.5. The van der Waals surface area contributed by atoms with E-state index in [1.54, 1.807) is 41.0 Å². The van der Waals surface area contributed by atoms with E-state index in [1.165, 1.54) is 29.2 Å². The summed E-state index contributed by atoms with van der Waals surface area (Å²) in [6.07, 6.45) is -0.372. The summed E-state index contributed by atoms with van der Waals surface area (Å²) in [7, 11) is 0. The quantitative estimate of drug-likeness (QED) is 0.707. The first kappa shape index (κ1) is 24.2. The predicted molar refractivity (Wildman–Crippen MR) is 126 cm³/mol. The third-order valence-corrected chi connectivity index (χ3v) is 6.14. The van der Waals surface area contributed by atoms with Gasteiger partial charge in [0.1, 0.15) is 5.82 Å². The van der Waals surface area contributed by atoms with Crippen molar-refractivity contribution in [1.29, 1.82) is 0 Å². The standard InChI is InChI=1S/C25H27FN4O5/c1-2-35-25(34)29-13-11-28(12-14-29)24(33)20-5-3-4-6-21(20)27-23(32)17-15-22(31)30(16-17)19-9-7-18(26)8-10-19/h3-10,17H,2,11-16H2,1H3,(H,27,32). The van der Waals surface area contributed by atoms with E-state index in [0.29, 0.717) is 49.7 Å². The number of carbonyl (C=O) groups excluding carboxylic acids is 4. The van der Waals surface area contributed by atoms with Crippen LogP contribution in [0, 0.1) is 11.7 Å². The van der Waals surface area contributed by atoms with Gasteiger partial charge in [-0.2, -0.15) is 0 Å². The molecule has 0 spiro atoms. The van der Waals surface area contributed by atoms with E-state index in [1.807, 2.05) is 0 Å². The second-order valence-electron chi connectivity index (χ2n) is 8.39. The lowest BCUT2D eigenvalue weighted by atomic mass is 10.1. The van der Waals surface area contributed by atoms with Crippen LogP contribution < -0.4 is 10.2 Å². The van der Waals surface area contributed by atoms with Crippen molar-refractivity contribution in [3.05, 3.63) is 59.9 Å². The Morgan fingerprint density at radius 2 is 1.66 bits per heavy atom. The summed E-state index contributed by atoms with van der Waals surface area (Å²) in [5.41, 5.74) is 1.23. The largest absolute Gasteiger partial charge is 0.450 e. The second kappa shape index (κ2) is 10.5. The Bertz CT molecular complexity index is 1120. The number of benzene rings is 2. The zero-order valence-electron chi connectivity index (χ0n) is 19.4. The molecule has 2 aromatic rings. The van der Waals surface area contributed by atoms with Crippen molar-refractivity contribution < 1.29 is 28.3 Å². The lowest BCUT2D eigenvalue weighted by molar-refractivity contribution is -0.122. The molecular weight excluding hydrogens is 455 g/mol. The molecule has 2 fully saturated rings. The average molecular weight is 483 g/mol. The van der Waals surface area contributed by atoms with Gasteiger partial charge in [0.05, 0.1) is 23.8 Å². The maximum Gasteiger partial charge on any atom is 0.409 e. The van der Waals surface area contributed by atoms with Gasteiger partial charge in [0.2, 0.25) is 11.8 Å². The zero-order valence-corrected chi connectivity index (χ0v) is 19.4. The molecule has 9 nitrogen and oxygen atoms in total. The monoisotopic (exact) mass is 482 g/mol. The van der Waals surface area contributed by atoms with Crippen molar-refractivity contribution in [1.82, 2.24) is 9.80 Å². The second-order valence-corrected chi connectivity index (χ2v) is 8.39. The fraction of sp³-hybridized carbons (Fsp3) is 0.360. The van der Waals surface area contributed by atoms with Gasteiger partial charge in [-0.25, -0.2) is 9.18 Å². The number of halogens is 1. The van der Waals surface area contributed by atoms with E-state index in [-0.39, 0.29) is 30.7 Å². The Morgan fingerprint density at radius 1 is 1.00 bits per heavy atom. The highest BCUT2D eigenvalue weighted by atomic mass is 19.1. The molecule has 0 aromatic heterocycles. The van der Waals surface area contributed by atoms with Gasteiger partial charge >= 0.3 is 6.09 Å². The fourth-order valence-corrected chi connectivity index (χ4v) is 4.24. The summed E-state index contributed by atoms with van der Waals surface area (Å²) in [4.78, 5) is 55.2. The molecule has 184 valence electrons. The number of nitrogens with one attached hydrogen (secondary N) is 1. The van der Waals surface area contributed by atoms with Crippen molar-refractivity contribution in [2.24, 2.45) is 5.92 Å². The van der Waals surface area contributed by atoms with Crippen LogP contribution in [0.1, 0.15) is 23.7 Å². The maximum absolute atomic E-state index is 13.2. The van der Waals surface area contributed by atoms with Gasteiger partial charge < -0.3 is 24.8 Å². The number of ether oxygens (including phenoxy) is 1. The molecule has 4 amide bonds. The van der Waals surface area contributed by atoms with Crippen molar-refractivity contribution in [2.75, 3.05) is 49.5 Å². The van der Waals surface area contributed by atoms with Gasteiger partial charge in [0.25, 0.3) is 5.91 Å². The minimum Gasteiger partial charge on any atom is -0.450 e. The Balaban J connectivity index is 1.40. The van der Waals surface area contributed by atoms with Crippen molar-refractivity contribution in [3.63, 3.8) is 0 Å². The summed E-state index contributed by atoms with van der Waals surface area (Å²) in [6.45, 7) is 3.63. The number of hydrogen-bond acceptors (Lipinski definition) is 5. The molecule has 2 heterocycles. The van der Waals surface area contributed by atoms with E-state index in [9.17, 15) is 23.6 Å². The molecule has 2 aliphatic heterocycles. The molecule has 10 heteroatoms. The first-order valence-electron chi connectivity index (χ1n) is 11.5. The third kappa shape index (κ3) is 5.42. The van der Waals surface area contributed by atoms with Gasteiger partial charge in [0.15, 0.2) is 0 Å². The summed E-state index contributed by atoms with van der Waals surface area (Å²) >= 11 is 0. The number of anilines is 2. The van der Waals surface area contributed by atoms with Crippen LogP contribution in [0.15, 0.2) is 48.5 Å². The summed E-state index contributed by atoms with van der Waals surface area (Å²) < 4.78 is 18.2. The number of piperazine rings is 1. The number of nitrogens with zero attached hydrogens (tertiary/aromatic N) is 3. The molecule has 35 heavy (non-hydrogen) atoms. The first-order chi connectivity index (χ1) is 16.9. The Hall–Kier alpha value is -3.95. The Kier molecular flexibility index (Phi) is 7.28. The molecule has 0 radical (unpaired) electrons. The number of amides is 4. The molecule has 4 rings (SSSR count). The van der Waals surface area contributed by atoms with Crippen LogP contribution >= 0.6 is 0 Å². The lowest BCUT2D eigenvalue weighted by Crippen LogP contribution is -2.50. The highest BCUT2D eigenvalue weighted by Gasteiger charge is 2.36. The molecule has 1 atom stereocenters. The number of hydrogen-bond donors (Lipinski definition) is 1. The minimum atomic E-state index is -0.608. The average Bonchev–Trinajstić information content (AvgIpc) is 3.26. The van der Waals surface area contributed by atoms with Gasteiger partial charge in [-0.3, -0.25) is 14.4 Å². The van der Waals surface area contributed by atoms with Crippen LogP contribution in [-0.4, -0.2) is 72.9 Å². The number of carbonyl (C=O) groups is 4. The zero-order chi connectivity index (χ0) is 24.9. The third-order valence-electron chi connectivity index (χ3n) is 6.14. The predicted octanol–water partition coefficient (Wildman–Crippen LogP) is 2.73. The van der Waals surface area contributed by atoms with Crippen LogP contribution in [0.4, 0.5) is 20.6 Å². The molecule has 2 aromatic carbocycles. The highest BCUT2D eigenvalue weighted by molar-refractivity contribution is 6.07. The van der Waals surface area contributed by atoms with Gasteiger partial charge in [-0.1, -0.05) is 12.1 Å². The number of para-hydroxylation sites is 1. The van der Waals surface area contributed by atoms with Crippen LogP contribution in [-0.2, 0) is 14.3 Å². The van der Waals surface area contributed by atoms with Crippen LogP contribution in [0.5, 0.6) is 0 Å². The summed E-state index contributed by atoms with van der Waals surface area (Å²) in [5, 5.41) is 2.81. The fourth-order valence-electron chi connectivity index (χ4n) is 4.24. The smallest absolute Gasteiger partial charge is 0.409 e. The van der Waals surface area contributed by atoms with Crippen LogP contribution in [0.25, 0.3) is 0 Å². The van der Waals surface area contributed by atoms with E-state index in [2.05, 4.69) is 5.32 Å². The van der Waals surface area contributed by atoms with Crippen LogP contribution in [0.2, 0.25) is 0 Å². The summed E-state index contributed by atoms with van der Waals surface area (Å²) in [5.74, 6) is -1.85. The molecule has 0 aliphatic carbocycles. The summed E-state index contributed by atoms with van der Waals surface area (Å²) in [6, 6.07) is 12.3. The normalized spacial score (nSPS) is 17.9. The van der Waals surface area contributed by atoms with E-state index >= 15 is 0 Å². The molecule has 0 saturated carbocycles. The highest BCUT2D eigenvalue weighted by Crippen LogP contribution is 2.27. The van der Waals surface area contributed by atoms with Gasteiger partial charge in [0, 0.05) is 44.8 Å². The molecular formula is C25H27FN4O5. The SMILES string of the molecule is CCOC(=O)N1CCN(C(=O)c2ccccc2NC(=O)C2CC(=O)N(c3ccc(F)cc3)C2)CC1. The van der Waals surface area contributed by atoms with Gasteiger partial charge in [-0.05, 0) is 43.3 Å². The topological polar surface area (TPSA) is 99.3 Å². The molecule has 2 aliphatic rings. The Labute approximate surface area is 202 Å². The molecule has 1 N–H and O–H groups in total.